The van der Waals surface area contributed by atoms with Crippen LogP contribution in [-0.2, 0) is 4.79 Å². The number of ketones is 1. The van der Waals surface area contributed by atoms with Crippen LogP contribution in [0.2, 0.25) is 0 Å². The van der Waals surface area contributed by atoms with Gasteiger partial charge in [-0.25, -0.2) is 9.37 Å². The summed E-state index contributed by atoms with van der Waals surface area (Å²) in [6.45, 7) is 1.98. The highest BCUT2D eigenvalue weighted by Crippen LogP contribution is 2.48. The van der Waals surface area contributed by atoms with Crippen molar-refractivity contribution in [3.63, 3.8) is 0 Å². The summed E-state index contributed by atoms with van der Waals surface area (Å²) < 4.78 is 15.7. The molecule has 2 unspecified atom stereocenters. The molecule has 0 spiro atoms. The summed E-state index contributed by atoms with van der Waals surface area (Å²) in [6.07, 6.45) is 3.53. The van der Waals surface area contributed by atoms with Gasteiger partial charge in [0.05, 0.1) is 11.0 Å². The molecule has 0 radical (unpaired) electrons. The number of carbonyl (C=O) groups is 1. The molecular weight excluding hydrogens is 255 g/mol. The molecule has 3 nitrogen and oxygen atoms in total. The minimum absolute atomic E-state index is 0.216. The molecule has 0 aliphatic heterocycles. The molecular formula is C16H17FN2O. The molecule has 2 saturated carbocycles. The maximum atomic E-state index is 13.5. The summed E-state index contributed by atoms with van der Waals surface area (Å²) >= 11 is 0. The van der Waals surface area contributed by atoms with Gasteiger partial charge >= 0.3 is 0 Å². The molecule has 20 heavy (non-hydrogen) atoms. The monoisotopic (exact) mass is 272 g/mol. The second-order valence-electron chi connectivity index (χ2n) is 6.25. The van der Waals surface area contributed by atoms with Crippen LogP contribution >= 0.6 is 0 Å². The third-order valence-electron chi connectivity index (χ3n) is 4.99. The van der Waals surface area contributed by atoms with Crippen LogP contribution in [0.1, 0.15) is 37.5 Å². The highest BCUT2D eigenvalue weighted by molar-refractivity contribution is 5.81. The van der Waals surface area contributed by atoms with Gasteiger partial charge in [-0.1, -0.05) is 0 Å². The quantitative estimate of drug-likeness (QED) is 0.797. The summed E-state index contributed by atoms with van der Waals surface area (Å²) in [5, 5.41) is 0. The van der Waals surface area contributed by atoms with Crippen LogP contribution in [0.15, 0.2) is 18.2 Å². The third kappa shape index (κ3) is 1.70. The Morgan fingerprint density at radius 3 is 2.65 bits per heavy atom. The topological polar surface area (TPSA) is 34.9 Å². The lowest BCUT2D eigenvalue weighted by Gasteiger charge is -2.16. The van der Waals surface area contributed by atoms with Gasteiger partial charge in [0.25, 0.3) is 0 Å². The Labute approximate surface area is 116 Å². The fraction of sp³-hybridized carbons (Fsp3) is 0.500. The highest BCUT2D eigenvalue weighted by Gasteiger charge is 2.42. The molecule has 0 bridgehead atoms. The van der Waals surface area contributed by atoms with E-state index in [2.05, 4.69) is 9.55 Å². The van der Waals surface area contributed by atoms with Gasteiger partial charge in [-0.2, -0.15) is 0 Å². The molecule has 0 saturated heterocycles. The second-order valence-corrected chi connectivity index (χ2v) is 6.25. The molecule has 104 valence electrons. The smallest absolute Gasteiger partial charge is 0.133 e. The Morgan fingerprint density at radius 1 is 1.25 bits per heavy atom. The number of carbonyl (C=O) groups excluding carboxylic acids is 1. The standard InChI is InChI=1S/C16H17FN2O/c1-9-18-15-3-2-12(17)8-16(15)19(9)13-4-10-6-14(20)7-11(10)5-13/h2-3,8,10-11,13H,4-7H2,1H3. The van der Waals surface area contributed by atoms with E-state index in [4.69, 9.17) is 0 Å². The van der Waals surface area contributed by atoms with Crippen molar-refractivity contribution in [2.45, 2.75) is 38.6 Å². The van der Waals surface area contributed by atoms with Crippen LogP contribution in [-0.4, -0.2) is 15.3 Å². The average molecular weight is 272 g/mol. The van der Waals surface area contributed by atoms with E-state index < -0.39 is 0 Å². The Kier molecular flexibility index (Phi) is 2.50. The molecule has 1 aromatic carbocycles. The van der Waals surface area contributed by atoms with Gasteiger partial charge in [0.15, 0.2) is 0 Å². The number of halogens is 1. The summed E-state index contributed by atoms with van der Waals surface area (Å²) in [5.74, 6) is 2.20. The molecule has 4 rings (SSSR count). The zero-order valence-electron chi connectivity index (χ0n) is 11.5. The largest absolute Gasteiger partial charge is 0.325 e. The van der Waals surface area contributed by atoms with Crippen molar-refractivity contribution in [1.29, 1.82) is 0 Å². The number of nitrogens with zero attached hydrogens (tertiary/aromatic N) is 2. The van der Waals surface area contributed by atoms with Crippen LogP contribution in [0.3, 0.4) is 0 Å². The Bertz CT molecular complexity index is 690. The number of Topliss-reactive ketones (excluding diaryl/α,β-unsaturated/α-hetero) is 1. The van der Waals surface area contributed by atoms with Crippen molar-refractivity contribution in [2.75, 3.05) is 0 Å². The number of benzene rings is 1. The SMILES string of the molecule is Cc1nc2ccc(F)cc2n1C1CC2CC(=O)CC2C1. The molecule has 0 amide bonds. The summed E-state index contributed by atoms with van der Waals surface area (Å²) in [4.78, 5) is 16.0. The molecule has 2 fully saturated rings. The van der Waals surface area contributed by atoms with E-state index in [1.54, 1.807) is 12.1 Å². The minimum atomic E-state index is -0.216. The van der Waals surface area contributed by atoms with Crippen molar-refractivity contribution in [1.82, 2.24) is 9.55 Å². The van der Waals surface area contributed by atoms with E-state index in [9.17, 15) is 9.18 Å². The molecule has 2 aromatic rings. The molecule has 1 aromatic heterocycles. The Morgan fingerprint density at radius 2 is 1.95 bits per heavy atom. The number of imidazole rings is 1. The molecule has 2 aliphatic rings. The number of hydrogen-bond donors (Lipinski definition) is 0. The first-order valence-corrected chi connectivity index (χ1v) is 7.27. The zero-order valence-corrected chi connectivity index (χ0v) is 11.5. The highest BCUT2D eigenvalue weighted by atomic mass is 19.1. The van der Waals surface area contributed by atoms with E-state index in [1.807, 2.05) is 6.92 Å². The predicted molar refractivity (Wildman–Crippen MR) is 73.9 cm³/mol. The van der Waals surface area contributed by atoms with Crippen LogP contribution in [0, 0.1) is 24.6 Å². The minimum Gasteiger partial charge on any atom is -0.325 e. The number of fused-ring (bicyclic) bond motifs is 2. The first-order chi connectivity index (χ1) is 9.61. The van der Waals surface area contributed by atoms with E-state index in [0.717, 1.165) is 42.5 Å². The molecule has 1 heterocycles. The fourth-order valence-electron chi connectivity index (χ4n) is 4.21. The number of aryl methyl sites for hydroxylation is 1. The summed E-state index contributed by atoms with van der Waals surface area (Å²) in [6, 6.07) is 5.15. The van der Waals surface area contributed by atoms with Gasteiger partial charge in [-0.3, -0.25) is 4.79 Å². The van der Waals surface area contributed by atoms with Gasteiger partial charge in [0.2, 0.25) is 0 Å². The zero-order chi connectivity index (χ0) is 13.9. The lowest BCUT2D eigenvalue weighted by atomic mass is 10.0. The molecule has 2 aliphatic carbocycles. The Balaban J connectivity index is 1.74. The lowest BCUT2D eigenvalue weighted by molar-refractivity contribution is -0.117. The van der Waals surface area contributed by atoms with Crippen molar-refractivity contribution in [3.05, 3.63) is 29.8 Å². The average Bonchev–Trinajstić information content (AvgIpc) is 2.98. The Hall–Kier alpha value is -1.71. The van der Waals surface area contributed by atoms with E-state index in [1.165, 1.54) is 6.07 Å². The first-order valence-electron chi connectivity index (χ1n) is 7.27. The van der Waals surface area contributed by atoms with Crippen LogP contribution in [0.4, 0.5) is 4.39 Å². The van der Waals surface area contributed by atoms with Crippen molar-refractivity contribution in [3.8, 4) is 0 Å². The van der Waals surface area contributed by atoms with Gasteiger partial charge in [0.1, 0.15) is 17.4 Å². The van der Waals surface area contributed by atoms with E-state index in [0.29, 0.717) is 23.7 Å². The van der Waals surface area contributed by atoms with Crippen LogP contribution in [0.5, 0.6) is 0 Å². The third-order valence-corrected chi connectivity index (χ3v) is 4.99. The van der Waals surface area contributed by atoms with Gasteiger partial charge in [0, 0.05) is 18.9 Å². The van der Waals surface area contributed by atoms with Crippen molar-refractivity contribution < 1.29 is 9.18 Å². The number of rotatable bonds is 1. The summed E-state index contributed by atoms with van der Waals surface area (Å²) in [5.41, 5.74) is 1.75. The second kappa shape index (κ2) is 4.14. The van der Waals surface area contributed by atoms with Crippen molar-refractivity contribution >= 4 is 16.8 Å². The maximum absolute atomic E-state index is 13.5. The van der Waals surface area contributed by atoms with Gasteiger partial charge in [-0.15, -0.1) is 0 Å². The maximum Gasteiger partial charge on any atom is 0.133 e. The molecule has 4 heteroatoms. The number of aromatic nitrogens is 2. The van der Waals surface area contributed by atoms with Gasteiger partial charge < -0.3 is 4.57 Å². The normalized spacial score (nSPS) is 29.3. The van der Waals surface area contributed by atoms with E-state index in [-0.39, 0.29) is 5.82 Å². The summed E-state index contributed by atoms with van der Waals surface area (Å²) in [7, 11) is 0. The van der Waals surface area contributed by atoms with Gasteiger partial charge in [-0.05, 0) is 49.8 Å². The van der Waals surface area contributed by atoms with Crippen LogP contribution < -0.4 is 0 Å². The molecule has 0 N–H and O–H groups in total. The predicted octanol–water partition coefficient (Wildman–Crippen LogP) is 3.41. The number of hydrogen-bond acceptors (Lipinski definition) is 2. The van der Waals surface area contributed by atoms with Crippen LogP contribution in [0.25, 0.3) is 11.0 Å². The van der Waals surface area contributed by atoms with Crippen molar-refractivity contribution in [2.24, 2.45) is 11.8 Å². The lowest BCUT2D eigenvalue weighted by Crippen LogP contribution is -2.09. The fourth-order valence-corrected chi connectivity index (χ4v) is 4.21. The first kappa shape index (κ1) is 12.1. The molecule has 2 atom stereocenters. The van der Waals surface area contributed by atoms with E-state index >= 15 is 0 Å².